The number of halogens is 1. The Morgan fingerprint density at radius 1 is 1.19 bits per heavy atom. The van der Waals surface area contributed by atoms with Crippen LogP contribution in [-0.4, -0.2) is 9.78 Å². The first-order valence-corrected chi connectivity index (χ1v) is 5.73. The highest BCUT2D eigenvalue weighted by Gasteiger charge is 2.06. The second kappa shape index (κ2) is 4.30. The Morgan fingerprint density at radius 2 is 1.94 bits per heavy atom. The maximum atomic E-state index is 6.12. The second-order valence-corrected chi connectivity index (χ2v) is 4.77. The maximum absolute atomic E-state index is 6.12. The topological polar surface area (TPSA) is 17.8 Å². The van der Waals surface area contributed by atoms with Gasteiger partial charge < -0.3 is 0 Å². The summed E-state index contributed by atoms with van der Waals surface area (Å²) in [7, 11) is 1.91. The van der Waals surface area contributed by atoms with E-state index in [1.165, 1.54) is 5.56 Å². The molecule has 0 bridgehead atoms. The minimum Gasteiger partial charge on any atom is -0.275 e. The zero-order valence-corrected chi connectivity index (χ0v) is 10.5. The molecule has 0 saturated heterocycles. The fraction of sp³-hybridized carbons (Fsp3) is 0.308. The average Bonchev–Trinajstić information content (AvgIpc) is 2.64. The van der Waals surface area contributed by atoms with E-state index in [9.17, 15) is 0 Å². The molecule has 0 spiro atoms. The summed E-state index contributed by atoms with van der Waals surface area (Å²) in [4.78, 5) is 0. The minimum atomic E-state index is 0.481. The fourth-order valence-electron chi connectivity index (χ4n) is 1.68. The van der Waals surface area contributed by atoms with Gasteiger partial charge in [-0.05, 0) is 29.2 Å². The predicted molar refractivity (Wildman–Crippen MR) is 67.7 cm³/mol. The number of hydrogen-bond acceptors (Lipinski definition) is 1. The molecule has 0 N–H and O–H groups in total. The molecule has 1 heterocycles. The number of rotatable bonds is 2. The van der Waals surface area contributed by atoms with Crippen molar-refractivity contribution in [2.24, 2.45) is 7.05 Å². The zero-order valence-electron chi connectivity index (χ0n) is 9.74. The van der Waals surface area contributed by atoms with E-state index in [-0.39, 0.29) is 0 Å². The molecule has 2 aromatic rings. The van der Waals surface area contributed by atoms with Crippen LogP contribution in [0.1, 0.15) is 25.3 Å². The quantitative estimate of drug-likeness (QED) is 0.772. The van der Waals surface area contributed by atoms with E-state index in [1.54, 1.807) is 4.68 Å². The van der Waals surface area contributed by atoms with Gasteiger partial charge in [0.05, 0.1) is 6.20 Å². The molecule has 0 fully saturated rings. The summed E-state index contributed by atoms with van der Waals surface area (Å²) in [6.07, 6.45) is 3.85. The highest BCUT2D eigenvalue weighted by Crippen LogP contribution is 2.27. The summed E-state index contributed by atoms with van der Waals surface area (Å²) in [6.45, 7) is 4.33. The molecular formula is C13H15ClN2. The van der Waals surface area contributed by atoms with Gasteiger partial charge in [-0.15, -0.1) is 0 Å². The van der Waals surface area contributed by atoms with Crippen molar-refractivity contribution in [2.45, 2.75) is 19.8 Å². The third-order valence-corrected chi connectivity index (χ3v) is 2.84. The minimum absolute atomic E-state index is 0.481. The lowest BCUT2D eigenvalue weighted by Gasteiger charge is -2.08. The van der Waals surface area contributed by atoms with Gasteiger partial charge in [-0.2, -0.15) is 5.10 Å². The van der Waals surface area contributed by atoms with Gasteiger partial charge in [0.25, 0.3) is 0 Å². The second-order valence-electron chi connectivity index (χ2n) is 4.33. The number of aromatic nitrogens is 2. The number of aryl methyl sites for hydroxylation is 1. The first kappa shape index (κ1) is 11.2. The van der Waals surface area contributed by atoms with E-state index >= 15 is 0 Å². The van der Waals surface area contributed by atoms with Crippen molar-refractivity contribution in [1.82, 2.24) is 9.78 Å². The van der Waals surface area contributed by atoms with Crippen LogP contribution in [0.25, 0.3) is 11.1 Å². The Kier molecular flexibility index (Phi) is 3.01. The summed E-state index contributed by atoms with van der Waals surface area (Å²) in [5.74, 6) is 0.481. The number of benzene rings is 1. The molecule has 84 valence electrons. The molecule has 0 aliphatic rings. The smallest absolute Gasteiger partial charge is 0.0568 e. The third kappa shape index (κ3) is 2.27. The lowest BCUT2D eigenvalue weighted by Crippen LogP contribution is -1.88. The monoisotopic (exact) mass is 234 g/mol. The Balaban J connectivity index is 2.49. The molecule has 16 heavy (non-hydrogen) atoms. The first-order valence-electron chi connectivity index (χ1n) is 5.36. The van der Waals surface area contributed by atoms with Crippen LogP contribution >= 0.6 is 11.6 Å². The van der Waals surface area contributed by atoms with Gasteiger partial charge in [0.1, 0.15) is 0 Å². The van der Waals surface area contributed by atoms with Crippen molar-refractivity contribution in [2.75, 3.05) is 0 Å². The molecule has 0 unspecified atom stereocenters. The molecule has 0 atom stereocenters. The van der Waals surface area contributed by atoms with Crippen LogP contribution in [0.4, 0.5) is 0 Å². The molecule has 3 heteroatoms. The van der Waals surface area contributed by atoms with E-state index in [4.69, 9.17) is 11.6 Å². The lowest BCUT2D eigenvalue weighted by molar-refractivity contribution is 0.768. The van der Waals surface area contributed by atoms with Crippen molar-refractivity contribution in [1.29, 1.82) is 0 Å². The molecule has 0 saturated carbocycles. The van der Waals surface area contributed by atoms with E-state index in [0.29, 0.717) is 5.92 Å². The molecule has 2 rings (SSSR count). The molecular weight excluding hydrogens is 220 g/mol. The maximum Gasteiger partial charge on any atom is 0.0568 e. The van der Waals surface area contributed by atoms with Gasteiger partial charge >= 0.3 is 0 Å². The standard InChI is InChI=1S/C13H15ClN2/c1-9(2)10-4-11(6-13(14)5-10)12-7-15-16(3)8-12/h4-9H,1-3H3. The van der Waals surface area contributed by atoms with Crippen molar-refractivity contribution in [3.05, 3.63) is 41.2 Å². The van der Waals surface area contributed by atoms with Crippen molar-refractivity contribution in [3.63, 3.8) is 0 Å². The summed E-state index contributed by atoms with van der Waals surface area (Å²) < 4.78 is 1.80. The molecule has 1 aromatic carbocycles. The Hall–Kier alpha value is -1.28. The Bertz CT molecular complexity index is 500. The van der Waals surface area contributed by atoms with Gasteiger partial charge in [-0.1, -0.05) is 31.5 Å². The summed E-state index contributed by atoms with van der Waals surface area (Å²) in [5.41, 5.74) is 3.49. The van der Waals surface area contributed by atoms with E-state index in [1.807, 2.05) is 31.6 Å². The predicted octanol–water partition coefficient (Wildman–Crippen LogP) is 3.86. The largest absolute Gasteiger partial charge is 0.275 e. The van der Waals surface area contributed by atoms with Gasteiger partial charge in [-0.25, -0.2) is 0 Å². The first-order chi connectivity index (χ1) is 7.56. The van der Waals surface area contributed by atoms with E-state index in [2.05, 4.69) is 25.0 Å². The van der Waals surface area contributed by atoms with Crippen molar-refractivity contribution >= 4 is 11.6 Å². The van der Waals surface area contributed by atoms with Crippen molar-refractivity contribution in [3.8, 4) is 11.1 Å². The van der Waals surface area contributed by atoms with Crippen LogP contribution in [-0.2, 0) is 7.05 Å². The fourth-order valence-corrected chi connectivity index (χ4v) is 1.93. The Labute approximate surface area is 101 Å². The van der Waals surface area contributed by atoms with Gasteiger partial charge in [0.15, 0.2) is 0 Å². The van der Waals surface area contributed by atoms with Gasteiger partial charge in [0.2, 0.25) is 0 Å². The molecule has 0 aliphatic carbocycles. The summed E-state index contributed by atoms with van der Waals surface area (Å²) in [5, 5.41) is 4.95. The van der Waals surface area contributed by atoms with Gasteiger partial charge in [-0.3, -0.25) is 4.68 Å². The van der Waals surface area contributed by atoms with Crippen LogP contribution in [0.2, 0.25) is 5.02 Å². The van der Waals surface area contributed by atoms with E-state index in [0.717, 1.165) is 16.1 Å². The molecule has 1 aromatic heterocycles. The highest BCUT2D eigenvalue weighted by molar-refractivity contribution is 6.31. The SMILES string of the molecule is CC(C)c1cc(Cl)cc(-c2cnn(C)c2)c1. The highest BCUT2D eigenvalue weighted by atomic mass is 35.5. The Morgan fingerprint density at radius 3 is 2.50 bits per heavy atom. The average molecular weight is 235 g/mol. The lowest BCUT2D eigenvalue weighted by atomic mass is 9.99. The molecule has 2 nitrogen and oxygen atoms in total. The number of hydrogen-bond donors (Lipinski definition) is 0. The molecule has 0 aliphatic heterocycles. The summed E-state index contributed by atoms with van der Waals surface area (Å²) >= 11 is 6.12. The number of nitrogens with zero attached hydrogens (tertiary/aromatic N) is 2. The van der Waals surface area contributed by atoms with Crippen LogP contribution in [0.15, 0.2) is 30.6 Å². The molecule has 0 radical (unpaired) electrons. The normalized spacial score (nSPS) is 11.1. The van der Waals surface area contributed by atoms with Crippen molar-refractivity contribution < 1.29 is 0 Å². The van der Waals surface area contributed by atoms with Gasteiger partial charge in [0, 0.05) is 23.8 Å². The van der Waals surface area contributed by atoms with Crippen LogP contribution < -0.4 is 0 Å². The zero-order chi connectivity index (χ0) is 11.7. The summed E-state index contributed by atoms with van der Waals surface area (Å²) in [6, 6.07) is 6.17. The third-order valence-electron chi connectivity index (χ3n) is 2.62. The van der Waals surface area contributed by atoms with Crippen LogP contribution in [0.3, 0.4) is 0 Å². The van der Waals surface area contributed by atoms with Crippen LogP contribution in [0, 0.1) is 0 Å². The van der Waals surface area contributed by atoms with Crippen LogP contribution in [0.5, 0.6) is 0 Å². The van der Waals surface area contributed by atoms with E-state index < -0.39 is 0 Å². The molecule has 0 amide bonds.